The number of halogens is 3. The smallest absolute Gasteiger partial charge is 0.165 e. The first-order valence-electron chi connectivity index (χ1n) is 15.3. The lowest BCUT2D eigenvalue weighted by atomic mass is 9.97. The molecule has 2 nitrogen and oxygen atoms in total. The summed E-state index contributed by atoms with van der Waals surface area (Å²) in [7, 11) is 0. The Morgan fingerprint density at radius 2 is 1.24 bits per heavy atom. The van der Waals surface area contributed by atoms with Crippen LogP contribution >= 0.6 is 0 Å². The zero-order valence-electron chi connectivity index (χ0n) is 24.4. The van der Waals surface area contributed by atoms with Crippen LogP contribution in [0.15, 0.2) is 66.7 Å². The molecule has 0 heterocycles. The molecule has 0 aliphatic heterocycles. The van der Waals surface area contributed by atoms with Gasteiger partial charge in [0.1, 0.15) is 30.1 Å². The maximum atomic E-state index is 15.3. The van der Waals surface area contributed by atoms with Gasteiger partial charge in [0.2, 0.25) is 0 Å². The summed E-state index contributed by atoms with van der Waals surface area (Å²) in [5.41, 5.74) is 1.75. The summed E-state index contributed by atoms with van der Waals surface area (Å²) in [5, 5.41) is 3.19. The lowest BCUT2D eigenvalue weighted by Crippen LogP contribution is -2.24. The van der Waals surface area contributed by atoms with E-state index in [2.05, 4.69) is 6.92 Å². The highest BCUT2D eigenvalue weighted by Crippen LogP contribution is 2.34. The summed E-state index contributed by atoms with van der Waals surface area (Å²) in [6, 6.07) is 20.4. The van der Waals surface area contributed by atoms with E-state index in [1.165, 1.54) is 32.1 Å². The molecule has 4 rings (SSSR count). The molecule has 2 atom stereocenters. The minimum atomic E-state index is -1.65. The molecule has 0 bridgehead atoms. The summed E-state index contributed by atoms with van der Waals surface area (Å²) >= 11 is 0. The monoisotopic (exact) mass is 564 g/mol. The molecule has 0 radical (unpaired) electrons. The Morgan fingerprint density at radius 1 is 0.585 bits per heavy atom. The van der Waals surface area contributed by atoms with Crippen molar-refractivity contribution in [2.75, 3.05) is 13.2 Å². The van der Waals surface area contributed by atoms with E-state index in [4.69, 9.17) is 9.47 Å². The van der Waals surface area contributed by atoms with Gasteiger partial charge in [0, 0.05) is 5.39 Å². The van der Waals surface area contributed by atoms with E-state index < -0.39 is 12.3 Å². The molecule has 0 aromatic heterocycles. The zero-order chi connectivity index (χ0) is 29.0. The summed E-state index contributed by atoms with van der Waals surface area (Å²) in [6.07, 6.45) is 6.88. The standard InChI is InChI=1S/C36H43F3O2/c1-3-5-7-8-9-11-21-40-30-18-20-31-28(22-30)24-35(38)33-23-27(15-19-32(31)33)26-13-16-29(17-14-26)41-25-36(39)34(37)12-10-6-4-2/h13-20,22-24,34,36H,3-12,21,25H2,1-2H3. The van der Waals surface area contributed by atoms with Gasteiger partial charge >= 0.3 is 0 Å². The van der Waals surface area contributed by atoms with Crippen LogP contribution in [0.1, 0.15) is 78.1 Å². The van der Waals surface area contributed by atoms with Crippen molar-refractivity contribution < 1.29 is 22.6 Å². The Kier molecular flexibility index (Phi) is 11.8. The normalized spacial score (nSPS) is 13.0. The fourth-order valence-corrected chi connectivity index (χ4v) is 5.23. The largest absolute Gasteiger partial charge is 0.494 e. The molecule has 4 aromatic carbocycles. The molecule has 5 heteroatoms. The second-order valence-electron chi connectivity index (χ2n) is 11.0. The number of hydrogen-bond donors (Lipinski definition) is 0. The average Bonchev–Trinajstić information content (AvgIpc) is 2.99. The molecule has 0 aliphatic rings. The van der Waals surface area contributed by atoms with Gasteiger partial charge in [-0.15, -0.1) is 0 Å². The second kappa shape index (κ2) is 15.7. The summed E-state index contributed by atoms with van der Waals surface area (Å²) in [4.78, 5) is 0. The molecular formula is C36H43F3O2. The summed E-state index contributed by atoms with van der Waals surface area (Å²) in [6.45, 7) is 4.61. The van der Waals surface area contributed by atoms with Crippen molar-refractivity contribution >= 4 is 21.5 Å². The van der Waals surface area contributed by atoms with Gasteiger partial charge < -0.3 is 9.47 Å². The van der Waals surface area contributed by atoms with Gasteiger partial charge in [-0.2, -0.15) is 0 Å². The molecular weight excluding hydrogens is 521 g/mol. The molecule has 0 saturated heterocycles. The predicted octanol–water partition coefficient (Wildman–Crippen LogP) is 11.2. The van der Waals surface area contributed by atoms with Crippen molar-refractivity contribution in [2.45, 2.75) is 90.4 Å². The third-order valence-corrected chi connectivity index (χ3v) is 7.71. The molecule has 41 heavy (non-hydrogen) atoms. The van der Waals surface area contributed by atoms with E-state index in [1.807, 2.05) is 55.5 Å². The molecule has 0 spiro atoms. The maximum absolute atomic E-state index is 15.3. The minimum absolute atomic E-state index is 0.222. The van der Waals surface area contributed by atoms with E-state index in [9.17, 15) is 8.78 Å². The van der Waals surface area contributed by atoms with Gasteiger partial charge in [-0.1, -0.05) is 95.5 Å². The molecule has 0 saturated carbocycles. The second-order valence-corrected chi connectivity index (χ2v) is 11.0. The van der Waals surface area contributed by atoms with Crippen molar-refractivity contribution in [3.8, 4) is 22.6 Å². The Balaban J connectivity index is 1.39. The summed E-state index contributed by atoms with van der Waals surface area (Å²) in [5.74, 6) is 0.960. The number of fused-ring (bicyclic) bond motifs is 3. The van der Waals surface area contributed by atoms with Crippen LogP contribution in [-0.4, -0.2) is 25.6 Å². The lowest BCUT2D eigenvalue weighted by molar-refractivity contribution is 0.102. The van der Waals surface area contributed by atoms with Crippen molar-refractivity contribution in [1.82, 2.24) is 0 Å². The average molecular weight is 565 g/mol. The molecule has 0 aliphatic carbocycles. The van der Waals surface area contributed by atoms with Crippen molar-refractivity contribution in [3.05, 3.63) is 72.5 Å². The van der Waals surface area contributed by atoms with Gasteiger partial charge in [-0.05, 0) is 76.5 Å². The van der Waals surface area contributed by atoms with Crippen LogP contribution in [0.5, 0.6) is 11.5 Å². The van der Waals surface area contributed by atoms with Crippen molar-refractivity contribution in [3.63, 3.8) is 0 Å². The van der Waals surface area contributed by atoms with E-state index >= 15 is 4.39 Å². The van der Waals surface area contributed by atoms with E-state index in [1.54, 1.807) is 18.2 Å². The summed E-state index contributed by atoms with van der Waals surface area (Å²) < 4.78 is 54.9. The molecule has 0 N–H and O–H groups in total. The van der Waals surface area contributed by atoms with Gasteiger partial charge in [0.05, 0.1) is 6.61 Å². The molecule has 220 valence electrons. The first-order chi connectivity index (χ1) is 20.0. The Labute approximate surface area is 242 Å². The zero-order valence-corrected chi connectivity index (χ0v) is 24.4. The predicted molar refractivity (Wildman–Crippen MR) is 165 cm³/mol. The fourth-order valence-electron chi connectivity index (χ4n) is 5.23. The number of unbranched alkanes of at least 4 members (excludes halogenated alkanes) is 7. The van der Waals surface area contributed by atoms with Gasteiger partial charge in [-0.3, -0.25) is 0 Å². The quantitative estimate of drug-likeness (QED) is 0.0938. The number of benzene rings is 4. The van der Waals surface area contributed by atoms with Crippen LogP contribution < -0.4 is 9.47 Å². The third kappa shape index (κ3) is 8.64. The number of rotatable bonds is 17. The third-order valence-electron chi connectivity index (χ3n) is 7.71. The maximum Gasteiger partial charge on any atom is 0.165 e. The number of alkyl halides is 2. The fraction of sp³-hybridized carbons (Fsp3) is 0.444. The van der Waals surface area contributed by atoms with E-state index in [0.717, 1.165) is 52.3 Å². The van der Waals surface area contributed by atoms with Crippen LogP contribution in [0.3, 0.4) is 0 Å². The van der Waals surface area contributed by atoms with Crippen LogP contribution in [-0.2, 0) is 0 Å². The number of ether oxygens (including phenoxy) is 2. The van der Waals surface area contributed by atoms with E-state index in [0.29, 0.717) is 24.2 Å². The van der Waals surface area contributed by atoms with Gasteiger partial charge in [-0.25, -0.2) is 13.2 Å². The van der Waals surface area contributed by atoms with Crippen molar-refractivity contribution in [1.29, 1.82) is 0 Å². The number of hydrogen-bond acceptors (Lipinski definition) is 2. The van der Waals surface area contributed by atoms with E-state index in [-0.39, 0.29) is 18.8 Å². The van der Waals surface area contributed by atoms with Gasteiger partial charge in [0.25, 0.3) is 0 Å². The Bertz CT molecular complexity index is 1370. The van der Waals surface area contributed by atoms with Crippen LogP contribution in [0.2, 0.25) is 0 Å². The lowest BCUT2D eigenvalue weighted by Gasteiger charge is -2.15. The van der Waals surface area contributed by atoms with Crippen LogP contribution in [0.4, 0.5) is 13.2 Å². The highest BCUT2D eigenvalue weighted by atomic mass is 19.2. The molecule has 2 unspecified atom stereocenters. The minimum Gasteiger partial charge on any atom is -0.494 e. The van der Waals surface area contributed by atoms with Gasteiger partial charge in [0.15, 0.2) is 6.17 Å². The highest BCUT2D eigenvalue weighted by Gasteiger charge is 2.20. The van der Waals surface area contributed by atoms with Crippen LogP contribution in [0, 0.1) is 5.82 Å². The molecule has 0 fully saturated rings. The Morgan fingerprint density at radius 3 is 2.02 bits per heavy atom. The van der Waals surface area contributed by atoms with Crippen LogP contribution in [0.25, 0.3) is 32.7 Å². The first-order valence-corrected chi connectivity index (χ1v) is 15.3. The van der Waals surface area contributed by atoms with Crippen molar-refractivity contribution in [2.24, 2.45) is 0 Å². The molecule has 4 aromatic rings. The highest BCUT2D eigenvalue weighted by molar-refractivity contribution is 6.09. The topological polar surface area (TPSA) is 18.5 Å². The SMILES string of the molecule is CCCCCCCCOc1ccc2c(c1)cc(F)c1cc(-c3ccc(OCC(F)C(F)CCCCC)cc3)ccc12. The molecule has 0 amide bonds. The first kappa shape index (κ1) is 30.7. The Hall–Kier alpha value is -3.21.